The number of ether oxygens (including phenoxy) is 2. The van der Waals surface area contributed by atoms with Gasteiger partial charge in [-0.15, -0.1) is 0 Å². The Morgan fingerprint density at radius 2 is 1.86 bits per heavy atom. The minimum atomic E-state index is -0.504. The molecule has 1 saturated heterocycles. The first-order valence-corrected chi connectivity index (χ1v) is 12.2. The van der Waals surface area contributed by atoms with E-state index >= 15 is 0 Å². The van der Waals surface area contributed by atoms with Gasteiger partial charge in [-0.25, -0.2) is 8.78 Å². The number of carbonyl (C=O) groups is 2. The monoisotopic (exact) mass is 579 g/mol. The van der Waals surface area contributed by atoms with Crippen LogP contribution < -0.4 is 9.47 Å². The Hall–Kier alpha value is -2.88. The van der Waals surface area contributed by atoms with Gasteiger partial charge in [0.05, 0.1) is 23.0 Å². The van der Waals surface area contributed by atoms with Gasteiger partial charge in [-0.2, -0.15) is 0 Å². The number of thioether (sulfide) groups is 1. The Morgan fingerprint density at radius 1 is 1.09 bits per heavy atom. The summed E-state index contributed by atoms with van der Waals surface area (Å²) in [5.41, 5.74) is 1.70. The van der Waals surface area contributed by atoms with Crippen molar-refractivity contribution in [3.63, 3.8) is 0 Å². The average molecular weight is 581 g/mol. The van der Waals surface area contributed by atoms with Gasteiger partial charge < -0.3 is 9.47 Å². The van der Waals surface area contributed by atoms with Crippen LogP contribution in [0.2, 0.25) is 5.02 Å². The Bertz CT molecular complexity index is 1350. The van der Waals surface area contributed by atoms with Gasteiger partial charge in [-0.05, 0) is 86.9 Å². The lowest BCUT2D eigenvalue weighted by atomic mass is 10.1. The molecule has 10 heteroatoms. The minimum Gasteiger partial charge on any atom is -0.493 e. The summed E-state index contributed by atoms with van der Waals surface area (Å²) in [5.74, 6) is -0.548. The number of imide groups is 1. The largest absolute Gasteiger partial charge is 0.493 e. The van der Waals surface area contributed by atoms with Gasteiger partial charge >= 0.3 is 0 Å². The molecule has 1 aliphatic rings. The number of halogens is 4. The zero-order chi connectivity index (χ0) is 25.1. The number of hydrogen-bond donors (Lipinski definition) is 0. The lowest BCUT2D eigenvalue weighted by molar-refractivity contribution is -0.123. The Kier molecular flexibility index (Phi) is 7.78. The van der Waals surface area contributed by atoms with Crippen molar-refractivity contribution < 1.29 is 27.8 Å². The first kappa shape index (κ1) is 25.2. The second-order valence-corrected chi connectivity index (χ2v) is 9.71. The molecule has 4 rings (SSSR count). The summed E-state index contributed by atoms with van der Waals surface area (Å²) in [6.45, 7) is 0.0535. The molecule has 1 heterocycles. The van der Waals surface area contributed by atoms with Gasteiger partial charge in [0.1, 0.15) is 18.2 Å². The number of carbonyl (C=O) groups excluding carboxylic acids is 2. The highest BCUT2D eigenvalue weighted by molar-refractivity contribution is 9.10. The third-order valence-electron chi connectivity index (χ3n) is 5.04. The van der Waals surface area contributed by atoms with Gasteiger partial charge in [0.15, 0.2) is 11.5 Å². The second-order valence-electron chi connectivity index (χ2n) is 7.46. The third-order valence-corrected chi connectivity index (χ3v) is 6.89. The van der Waals surface area contributed by atoms with Crippen LogP contribution in [-0.2, 0) is 17.9 Å². The molecule has 3 aromatic carbocycles. The number of methoxy groups -OCH3 is 1. The van der Waals surface area contributed by atoms with Crippen LogP contribution >= 0.6 is 39.3 Å². The number of benzene rings is 3. The highest BCUT2D eigenvalue weighted by Gasteiger charge is 2.35. The fourth-order valence-electron chi connectivity index (χ4n) is 3.35. The van der Waals surface area contributed by atoms with Crippen LogP contribution in [0.3, 0.4) is 0 Å². The Morgan fingerprint density at radius 3 is 2.57 bits per heavy atom. The van der Waals surface area contributed by atoms with E-state index in [4.69, 9.17) is 21.1 Å². The SMILES string of the molecule is COc1cc(/C=C2/SC(=O)N(Cc3ccc(F)cc3Cl)C2=O)cc(Br)c1OCc1cccc(F)c1. The van der Waals surface area contributed by atoms with Crippen molar-refractivity contribution in [1.82, 2.24) is 4.90 Å². The van der Waals surface area contributed by atoms with E-state index in [0.717, 1.165) is 22.7 Å². The molecule has 0 bridgehead atoms. The molecule has 3 aromatic rings. The van der Waals surface area contributed by atoms with E-state index in [1.165, 1.54) is 31.4 Å². The van der Waals surface area contributed by atoms with Crippen molar-refractivity contribution in [2.45, 2.75) is 13.2 Å². The lowest BCUT2D eigenvalue weighted by Crippen LogP contribution is -2.27. The first-order chi connectivity index (χ1) is 16.7. The smallest absolute Gasteiger partial charge is 0.293 e. The van der Waals surface area contributed by atoms with E-state index in [-0.39, 0.29) is 28.9 Å². The number of hydrogen-bond acceptors (Lipinski definition) is 5. The van der Waals surface area contributed by atoms with E-state index in [0.29, 0.717) is 32.7 Å². The summed E-state index contributed by atoms with van der Waals surface area (Å²) >= 11 is 10.3. The van der Waals surface area contributed by atoms with Gasteiger partial charge in [0.2, 0.25) is 0 Å². The maximum absolute atomic E-state index is 13.4. The van der Waals surface area contributed by atoms with Gasteiger partial charge in [-0.3, -0.25) is 14.5 Å². The van der Waals surface area contributed by atoms with E-state index in [2.05, 4.69) is 15.9 Å². The Balaban J connectivity index is 1.54. The quantitative estimate of drug-likeness (QED) is 0.277. The summed E-state index contributed by atoms with van der Waals surface area (Å²) < 4.78 is 38.6. The van der Waals surface area contributed by atoms with Crippen molar-refractivity contribution in [1.29, 1.82) is 0 Å². The first-order valence-electron chi connectivity index (χ1n) is 10.2. The van der Waals surface area contributed by atoms with E-state index < -0.39 is 17.0 Å². The maximum atomic E-state index is 13.4. The molecule has 0 atom stereocenters. The van der Waals surface area contributed by atoms with E-state index in [1.807, 2.05) is 0 Å². The predicted molar refractivity (Wildman–Crippen MR) is 134 cm³/mol. The molecule has 180 valence electrons. The van der Waals surface area contributed by atoms with Crippen LogP contribution in [0.5, 0.6) is 11.5 Å². The standard InChI is InChI=1S/C25H17BrClF2NO4S/c1-33-21-9-15(8-19(26)23(21)34-13-14-3-2-4-17(28)7-14)10-22-24(31)30(25(32)35-22)12-16-5-6-18(29)11-20(16)27/h2-11H,12-13H2,1H3/b22-10+. The highest BCUT2D eigenvalue weighted by Crippen LogP contribution is 2.40. The molecule has 0 aromatic heterocycles. The summed E-state index contributed by atoms with van der Waals surface area (Å²) in [5, 5.41) is -0.321. The fourth-order valence-corrected chi connectivity index (χ4v) is 4.99. The third kappa shape index (κ3) is 5.86. The summed E-state index contributed by atoms with van der Waals surface area (Å²) in [6.07, 6.45) is 1.57. The molecule has 1 fully saturated rings. The van der Waals surface area contributed by atoms with Crippen LogP contribution in [0.1, 0.15) is 16.7 Å². The molecule has 0 unspecified atom stereocenters. The molecular weight excluding hydrogens is 564 g/mol. The zero-order valence-electron chi connectivity index (χ0n) is 18.2. The molecule has 2 amide bonds. The van der Waals surface area contributed by atoms with Crippen molar-refractivity contribution in [3.8, 4) is 11.5 Å². The van der Waals surface area contributed by atoms with Crippen LogP contribution in [0.25, 0.3) is 6.08 Å². The minimum absolute atomic E-state index is 0.0685. The molecule has 0 N–H and O–H groups in total. The van der Waals surface area contributed by atoms with Crippen molar-refractivity contribution in [2.75, 3.05) is 7.11 Å². The average Bonchev–Trinajstić information content (AvgIpc) is 3.07. The van der Waals surface area contributed by atoms with E-state index in [9.17, 15) is 18.4 Å². The van der Waals surface area contributed by atoms with Crippen LogP contribution in [0.4, 0.5) is 13.6 Å². The van der Waals surface area contributed by atoms with Crippen molar-refractivity contribution >= 4 is 56.5 Å². The van der Waals surface area contributed by atoms with Gasteiger partial charge in [-0.1, -0.05) is 29.8 Å². The Labute approximate surface area is 217 Å². The number of amides is 2. The topological polar surface area (TPSA) is 55.8 Å². The highest BCUT2D eigenvalue weighted by atomic mass is 79.9. The molecule has 0 saturated carbocycles. The predicted octanol–water partition coefficient (Wildman–Crippen LogP) is 7.20. The number of rotatable bonds is 7. The molecule has 5 nitrogen and oxygen atoms in total. The molecule has 35 heavy (non-hydrogen) atoms. The van der Waals surface area contributed by atoms with Crippen LogP contribution in [-0.4, -0.2) is 23.2 Å². The van der Waals surface area contributed by atoms with Crippen LogP contribution in [0, 0.1) is 11.6 Å². The van der Waals surface area contributed by atoms with Crippen LogP contribution in [0.15, 0.2) is 64.0 Å². The summed E-state index contributed by atoms with van der Waals surface area (Å²) in [7, 11) is 1.47. The second kappa shape index (κ2) is 10.8. The molecule has 1 aliphatic heterocycles. The molecular formula is C25H17BrClF2NO4S. The zero-order valence-corrected chi connectivity index (χ0v) is 21.3. The normalized spacial score (nSPS) is 14.7. The summed E-state index contributed by atoms with van der Waals surface area (Å²) in [6, 6.07) is 13.2. The molecule has 0 radical (unpaired) electrons. The maximum Gasteiger partial charge on any atom is 0.293 e. The van der Waals surface area contributed by atoms with Crippen molar-refractivity contribution in [2.24, 2.45) is 0 Å². The van der Waals surface area contributed by atoms with Gasteiger partial charge in [0, 0.05) is 5.02 Å². The van der Waals surface area contributed by atoms with Gasteiger partial charge in [0.25, 0.3) is 11.1 Å². The lowest BCUT2D eigenvalue weighted by Gasteiger charge is -2.14. The number of nitrogens with zero attached hydrogens (tertiary/aromatic N) is 1. The van der Waals surface area contributed by atoms with Crippen molar-refractivity contribution in [3.05, 3.63) is 97.3 Å². The summed E-state index contributed by atoms with van der Waals surface area (Å²) in [4.78, 5) is 26.7. The van der Waals surface area contributed by atoms with E-state index in [1.54, 1.807) is 30.3 Å². The molecule has 0 spiro atoms. The fraction of sp³-hybridized carbons (Fsp3) is 0.120. The molecule has 0 aliphatic carbocycles.